The topological polar surface area (TPSA) is 100 Å². The summed E-state index contributed by atoms with van der Waals surface area (Å²) in [4.78, 5) is 4.02. The van der Waals surface area contributed by atoms with Gasteiger partial charge in [0.2, 0.25) is 0 Å². The fourth-order valence-corrected chi connectivity index (χ4v) is 2.26. The molecular weight excluding hydrogens is 304 g/mol. The third kappa shape index (κ3) is 3.47. The minimum atomic E-state index is 0.253. The number of benzene rings is 1. The predicted molar refractivity (Wildman–Crippen MR) is 92.1 cm³/mol. The maximum Gasteiger partial charge on any atom is 0.170 e. The average Bonchev–Trinajstić information content (AvgIpc) is 3.02. The molecule has 0 saturated heterocycles. The highest BCUT2D eigenvalue weighted by Crippen LogP contribution is 2.26. The summed E-state index contributed by atoms with van der Waals surface area (Å²) in [5, 5.41) is 4.08. The molecule has 0 amide bonds. The molecule has 24 heavy (non-hydrogen) atoms. The van der Waals surface area contributed by atoms with Crippen molar-refractivity contribution in [1.82, 2.24) is 10.1 Å². The Kier molecular flexibility index (Phi) is 4.34. The van der Waals surface area contributed by atoms with Crippen molar-refractivity contribution in [2.24, 2.45) is 0 Å². The van der Waals surface area contributed by atoms with Gasteiger partial charge in [0, 0.05) is 12.5 Å². The van der Waals surface area contributed by atoms with Crippen LogP contribution >= 0.6 is 0 Å². The van der Waals surface area contributed by atoms with E-state index in [1.54, 1.807) is 12.1 Å². The van der Waals surface area contributed by atoms with E-state index in [-0.39, 0.29) is 6.61 Å². The Balaban J connectivity index is 1.73. The molecule has 2 heterocycles. The predicted octanol–water partition coefficient (Wildman–Crippen LogP) is 2.50. The Morgan fingerprint density at radius 3 is 2.62 bits per heavy atom. The fourth-order valence-electron chi connectivity index (χ4n) is 2.26. The third-order valence-electron chi connectivity index (χ3n) is 3.40. The molecule has 3 rings (SSSR count). The fraction of sp³-hybridized carbons (Fsp3) is 0.111. The molecule has 0 radical (unpaired) electrons. The summed E-state index contributed by atoms with van der Waals surface area (Å²) in [6.07, 6.45) is 5.79. The van der Waals surface area contributed by atoms with E-state index < -0.39 is 0 Å². The molecule has 120 valence electrons. The Morgan fingerprint density at radius 2 is 1.92 bits per heavy atom. The van der Waals surface area contributed by atoms with Gasteiger partial charge in [-0.3, -0.25) is 0 Å². The normalized spacial score (nSPS) is 10.3. The van der Waals surface area contributed by atoms with Crippen LogP contribution in [0.5, 0.6) is 5.75 Å². The Morgan fingerprint density at radius 1 is 1.12 bits per heavy atom. The summed E-state index contributed by atoms with van der Waals surface area (Å²) in [5.41, 5.74) is 14.0. The van der Waals surface area contributed by atoms with E-state index in [4.69, 9.17) is 27.2 Å². The first kappa shape index (κ1) is 15.4. The number of pyridine rings is 1. The summed E-state index contributed by atoms with van der Waals surface area (Å²) in [6, 6.07) is 12.9. The zero-order valence-corrected chi connectivity index (χ0v) is 12.9. The average molecular weight is 320 g/mol. The van der Waals surface area contributed by atoms with Gasteiger partial charge in [-0.2, -0.15) is 0 Å². The van der Waals surface area contributed by atoms with Crippen LogP contribution in [0.15, 0.2) is 47.0 Å². The molecule has 0 aliphatic carbocycles. The number of ether oxygens (including phenoxy) is 1. The van der Waals surface area contributed by atoms with E-state index in [1.165, 1.54) is 0 Å². The second-order valence-corrected chi connectivity index (χ2v) is 5.16. The van der Waals surface area contributed by atoms with Crippen molar-refractivity contribution in [2.45, 2.75) is 6.42 Å². The lowest BCUT2D eigenvalue weighted by molar-refractivity contribution is 0.370. The van der Waals surface area contributed by atoms with Crippen LogP contribution in [0.2, 0.25) is 0 Å². The minimum Gasteiger partial charge on any atom is -0.481 e. The van der Waals surface area contributed by atoms with Crippen molar-refractivity contribution in [1.29, 1.82) is 0 Å². The van der Waals surface area contributed by atoms with Gasteiger partial charge in [0.1, 0.15) is 24.0 Å². The summed E-state index contributed by atoms with van der Waals surface area (Å²) in [6.45, 7) is 0.253. The molecule has 2 aromatic heterocycles. The number of nitrogens with zero attached hydrogens (tertiary/aromatic N) is 2. The van der Waals surface area contributed by atoms with Gasteiger partial charge in [0.15, 0.2) is 5.76 Å². The van der Waals surface area contributed by atoms with Gasteiger partial charge < -0.3 is 20.7 Å². The summed E-state index contributed by atoms with van der Waals surface area (Å²) >= 11 is 0. The number of aromatic nitrogens is 2. The Labute approximate surface area is 139 Å². The van der Waals surface area contributed by atoms with E-state index in [0.29, 0.717) is 29.4 Å². The molecule has 3 aromatic rings. The first-order valence-electron chi connectivity index (χ1n) is 7.29. The van der Waals surface area contributed by atoms with E-state index in [9.17, 15) is 0 Å². The first-order chi connectivity index (χ1) is 11.7. The second kappa shape index (κ2) is 6.75. The number of terminal acetylenes is 1. The van der Waals surface area contributed by atoms with Crippen molar-refractivity contribution < 1.29 is 9.26 Å². The molecule has 6 heteroatoms. The number of nitrogen functional groups attached to an aromatic ring is 2. The highest BCUT2D eigenvalue weighted by Gasteiger charge is 2.11. The van der Waals surface area contributed by atoms with Crippen molar-refractivity contribution >= 4 is 11.6 Å². The number of hydrogen-bond donors (Lipinski definition) is 2. The van der Waals surface area contributed by atoms with E-state index in [1.807, 2.05) is 30.3 Å². The van der Waals surface area contributed by atoms with Crippen molar-refractivity contribution in [2.75, 3.05) is 18.1 Å². The SMILES string of the molecule is C#CCOc1ccc(Cc2cc(-c3ccc(N)nc3N)on2)cc1. The summed E-state index contributed by atoms with van der Waals surface area (Å²) in [7, 11) is 0. The van der Waals surface area contributed by atoms with Gasteiger partial charge in [0.25, 0.3) is 0 Å². The quantitative estimate of drug-likeness (QED) is 0.701. The van der Waals surface area contributed by atoms with Crippen LogP contribution in [0.4, 0.5) is 11.6 Å². The van der Waals surface area contributed by atoms with Gasteiger partial charge >= 0.3 is 0 Å². The third-order valence-corrected chi connectivity index (χ3v) is 3.40. The number of hydrogen-bond acceptors (Lipinski definition) is 6. The highest BCUT2D eigenvalue weighted by atomic mass is 16.5. The van der Waals surface area contributed by atoms with Crippen LogP contribution in [-0.2, 0) is 6.42 Å². The molecule has 0 fully saturated rings. The molecule has 6 nitrogen and oxygen atoms in total. The summed E-state index contributed by atoms with van der Waals surface area (Å²) in [5.74, 6) is 4.40. The maximum absolute atomic E-state index is 5.87. The lowest BCUT2D eigenvalue weighted by Gasteiger charge is -2.03. The zero-order valence-electron chi connectivity index (χ0n) is 12.9. The Hall–Kier alpha value is -3.46. The second-order valence-electron chi connectivity index (χ2n) is 5.16. The summed E-state index contributed by atoms with van der Waals surface area (Å²) < 4.78 is 10.7. The molecule has 0 atom stereocenters. The largest absolute Gasteiger partial charge is 0.481 e. The molecule has 0 bridgehead atoms. The number of nitrogens with two attached hydrogens (primary N) is 2. The van der Waals surface area contributed by atoms with Gasteiger partial charge in [-0.15, -0.1) is 6.42 Å². The molecule has 0 aliphatic heterocycles. The van der Waals surface area contributed by atoms with Crippen LogP contribution in [0.25, 0.3) is 11.3 Å². The van der Waals surface area contributed by atoms with Crippen molar-refractivity contribution in [3.63, 3.8) is 0 Å². The first-order valence-corrected chi connectivity index (χ1v) is 7.29. The van der Waals surface area contributed by atoms with Crippen molar-refractivity contribution in [3.8, 4) is 29.4 Å². The smallest absolute Gasteiger partial charge is 0.170 e. The van der Waals surface area contributed by atoms with E-state index >= 15 is 0 Å². The van der Waals surface area contributed by atoms with Crippen LogP contribution in [0, 0.1) is 12.3 Å². The van der Waals surface area contributed by atoms with E-state index in [0.717, 1.165) is 17.0 Å². The van der Waals surface area contributed by atoms with Crippen LogP contribution in [0.1, 0.15) is 11.3 Å². The van der Waals surface area contributed by atoms with Crippen LogP contribution in [0.3, 0.4) is 0 Å². The van der Waals surface area contributed by atoms with Crippen molar-refractivity contribution in [3.05, 3.63) is 53.7 Å². The minimum absolute atomic E-state index is 0.253. The monoisotopic (exact) mass is 320 g/mol. The molecule has 0 unspecified atom stereocenters. The molecule has 1 aromatic carbocycles. The lowest BCUT2D eigenvalue weighted by Crippen LogP contribution is -1.97. The van der Waals surface area contributed by atoms with Gasteiger partial charge in [-0.1, -0.05) is 23.2 Å². The van der Waals surface area contributed by atoms with Crippen LogP contribution in [-0.4, -0.2) is 16.7 Å². The highest BCUT2D eigenvalue weighted by molar-refractivity contribution is 5.71. The zero-order chi connectivity index (χ0) is 16.9. The Bertz CT molecular complexity index is 879. The standard InChI is InChI=1S/C18H16N4O2/c1-2-9-23-14-5-3-12(4-6-14)10-13-11-16(24-22-13)15-7-8-17(19)21-18(15)20/h1,3-8,11H,9-10H2,(H4,19,20,21). The molecule has 4 N–H and O–H groups in total. The number of rotatable bonds is 5. The van der Waals surface area contributed by atoms with Gasteiger partial charge in [0.05, 0.1) is 11.3 Å². The van der Waals surface area contributed by atoms with E-state index in [2.05, 4.69) is 16.1 Å². The molecule has 0 aliphatic rings. The molecule has 0 spiro atoms. The molecular formula is C18H16N4O2. The maximum atomic E-state index is 5.87. The lowest BCUT2D eigenvalue weighted by atomic mass is 10.1. The van der Waals surface area contributed by atoms with Gasteiger partial charge in [-0.05, 0) is 29.8 Å². The number of anilines is 2. The molecule has 0 saturated carbocycles. The van der Waals surface area contributed by atoms with Gasteiger partial charge in [-0.25, -0.2) is 4.98 Å². The van der Waals surface area contributed by atoms with Crippen LogP contribution < -0.4 is 16.2 Å².